The summed E-state index contributed by atoms with van der Waals surface area (Å²) in [7, 11) is 0. The standard InChI is InChI=1S/C16H22BrNO2/c1-16(2,3)20-15(19)18-9-8-13(11-18)10-12-4-6-14(17)7-5-12/h4-7,13H,8-11H2,1-3H3/t13-/m0/s1. The summed E-state index contributed by atoms with van der Waals surface area (Å²) in [6.45, 7) is 7.31. The van der Waals surface area contributed by atoms with Gasteiger partial charge in [-0.15, -0.1) is 0 Å². The quantitative estimate of drug-likeness (QED) is 0.806. The Bertz CT molecular complexity index is 464. The van der Waals surface area contributed by atoms with Gasteiger partial charge < -0.3 is 9.64 Å². The summed E-state index contributed by atoms with van der Waals surface area (Å²) in [5.41, 5.74) is 0.908. The zero-order valence-electron chi connectivity index (χ0n) is 12.4. The number of amides is 1. The number of benzene rings is 1. The van der Waals surface area contributed by atoms with E-state index in [2.05, 4.69) is 40.2 Å². The van der Waals surface area contributed by atoms with Crippen molar-refractivity contribution in [3.8, 4) is 0 Å². The monoisotopic (exact) mass is 339 g/mol. The molecule has 1 aliphatic heterocycles. The number of carbonyl (C=O) groups is 1. The Labute approximate surface area is 129 Å². The van der Waals surface area contributed by atoms with Crippen LogP contribution in [0.15, 0.2) is 28.7 Å². The highest BCUT2D eigenvalue weighted by Gasteiger charge is 2.29. The minimum absolute atomic E-state index is 0.184. The predicted octanol–water partition coefficient (Wildman–Crippen LogP) is 4.25. The Kier molecular flexibility index (Phi) is 4.74. The van der Waals surface area contributed by atoms with Gasteiger partial charge in [-0.1, -0.05) is 28.1 Å². The van der Waals surface area contributed by atoms with E-state index in [1.165, 1.54) is 5.56 Å². The summed E-state index contributed by atoms with van der Waals surface area (Å²) in [6, 6.07) is 8.41. The van der Waals surface area contributed by atoms with Gasteiger partial charge in [0, 0.05) is 17.6 Å². The molecule has 1 aromatic rings. The molecule has 0 unspecified atom stereocenters. The molecule has 0 saturated carbocycles. The first-order valence-corrected chi connectivity index (χ1v) is 7.85. The SMILES string of the molecule is CC(C)(C)OC(=O)N1CC[C@@H](Cc2ccc(Br)cc2)C1. The van der Waals surface area contributed by atoms with E-state index in [0.717, 1.165) is 30.4 Å². The molecular formula is C16H22BrNO2. The lowest BCUT2D eigenvalue weighted by molar-refractivity contribution is 0.0288. The second-order valence-corrected chi connectivity index (χ2v) is 7.33. The van der Waals surface area contributed by atoms with E-state index in [4.69, 9.17) is 4.74 Å². The van der Waals surface area contributed by atoms with Crippen LogP contribution in [0.25, 0.3) is 0 Å². The van der Waals surface area contributed by atoms with Crippen molar-refractivity contribution in [1.82, 2.24) is 4.90 Å². The normalized spacial score (nSPS) is 19.2. The van der Waals surface area contributed by atoms with Crippen molar-refractivity contribution in [1.29, 1.82) is 0 Å². The average Bonchev–Trinajstić information content (AvgIpc) is 2.79. The molecule has 0 radical (unpaired) electrons. The highest BCUT2D eigenvalue weighted by atomic mass is 79.9. The smallest absolute Gasteiger partial charge is 0.410 e. The van der Waals surface area contributed by atoms with Crippen LogP contribution >= 0.6 is 15.9 Å². The molecule has 2 rings (SSSR count). The van der Waals surface area contributed by atoms with Crippen LogP contribution in [0.4, 0.5) is 4.79 Å². The zero-order valence-corrected chi connectivity index (χ0v) is 13.9. The van der Waals surface area contributed by atoms with Gasteiger partial charge in [-0.25, -0.2) is 4.79 Å². The van der Waals surface area contributed by atoms with Crippen LogP contribution in [0.3, 0.4) is 0 Å². The molecular weight excluding hydrogens is 318 g/mol. The van der Waals surface area contributed by atoms with Gasteiger partial charge in [0.2, 0.25) is 0 Å². The highest BCUT2D eigenvalue weighted by Crippen LogP contribution is 2.23. The van der Waals surface area contributed by atoms with E-state index in [9.17, 15) is 4.79 Å². The first-order chi connectivity index (χ1) is 9.33. The molecule has 1 aliphatic rings. The number of nitrogens with zero attached hydrogens (tertiary/aromatic N) is 1. The minimum Gasteiger partial charge on any atom is -0.444 e. The molecule has 1 amide bonds. The molecule has 20 heavy (non-hydrogen) atoms. The van der Waals surface area contributed by atoms with E-state index >= 15 is 0 Å². The van der Waals surface area contributed by atoms with Gasteiger partial charge in [-0.2, -0.15) is 0 Å². The lowest BCUT2D eigenvalue weighted by Crippen LogP contribution is -2.35. The third-order valence-corrected chi connectivity index (χ3v) is 3.90. The van der Waals surface area contributed by atoms with E-state index in [1.807, 2.05) is 25.7 Å². The topological polar surface area (TPSA) is 29.5 Å². The summed E-state index contributed by atoms with van der Waals surface area (Å²) in [5, 5.41) is 0. The minimum atomic E-state index is -0.416. The van der Waals surface area contributed by atoms with Gasteiger partial charge in [0.1, 0.15) is 5.60 Å². The lowest BCUT2D eigenvalue weighted by atomic mass is 9.99. The first-order valence-electron chi connectivity index (χ1n) is 7.06. The predicted molar refractivity (Wildman–Crippen MR) is 83.8 cm³/mol. The number of carbonyl (C=O) groups excluding carboxylic acids is 1. The molecule has 0 N–H and O–H groups in total. The van der Waals surface area contributed by atoms with Gasteiger partial charge in [-0.3, -0.25) is 0 Å². The van der Waals surface area contributed by atoms with Crippen LogP contribution in [-0.2, 0) is 11.2 Å². The van der Waals surface area contributed by atoms with Gasteiger partial charge >= 0.3 is 6.09 Å². The molecule has 0 aromatic heterocycles. The number of rotatable bonds is 2. The molecule has 0 aliphatic carbocycles. The van der Waals surface area contributed by atoms with Gasteiger partial charge in [0.05, 0.1) is 0 Å². The number of halogens is 1. The maximum Gasteiger partial charge on any atom is 0.410 e. The first kappa shape index (κ1) is 15.4. The van der Waals surface area contributed by atoms with Crippen LogP contribution in [0.2, 0.25) is 0 Å². The molecule has 0 bridgehead atoms. The fourth-order valence-corrected chi connectivity index (χ4v) is 2.71. The largest absolute Gasteiger partial charge is 0.444 e. The van der Waals surface area contributed by atoms with E-state index in [1.54, 1.807) is 0 Å². The summed E-state index contributed by atoms with van der Waals surface area (Å²) < 4.78 is 6.52. The summed E-state index contributed by atoms with van der Waals surface area (Å²) >= 11 is 3.45. The molecule has 1 heterocycles. The van der Waals surface area contributed by atoms with E-state index < -0.39 is 5.60 Å². The maximum absolute atomic E-state index is 12.0. The summed E-state index contributed by atoms with van der Waals surface area (Å²) in [4.78, 5) is 13.8. The molecule has 1 saturated heterocycles. The Morgan fingerprint density at radius 1 is 1.35 bits per heavy atom. The number of ether oxygens (including phenoxy) is 1. The second kappa shape index (κ2) is 6.17. The average molecular weight is 340 g/mol. The van der Waals surface area contributed by atoms with Crippen molar-refractivity contribution < 1.29 is 9.53 Å². The van der Waals surface area contributed by atoms with Crippen molar-refractivity contribution in [2.45, 2.75) is 39.2 Å². The molecule has 1 atom stereocenters. The van der Waals surface area contributed by atoms with Crippen molar-refractivity contribution in [3.05, 3.63) is 34.3 Å². The van der Waals surface area contributed by atoms with Crippen LogP contribution in [-0.4, -0.2) is 29.7 Å². The summed E-state index contributed by atoms with van der Waals surface area (Å²) in [6.07, 6.45) is 1.89. The fourth-order valence-electron chi connectivity index (χ4n) is 2.45. The number of hydrogen-bond donors (Lipinski definition) is 0. The third-order valence-electron chi connectivity index (χ3n) is 3.38. The second-order valence-electron chi connectivity index (χ2n) is 6.41. The molecule has 1 fully saturated rings. The van der Waals surface area contributed by atoms with Gasteiger partial charge in [0.15, 0.2) is 0 Å². The molecule has 3 nitrogen and oxygen atoms in total. The van der Waals surface area contributed by atoms with Crippen LogP contribution in [0.5, 0.6) is 0 Å². The van der Waals surface area contributed by atoms with Crippen molar-refractivity contribution in [2.75, 3.05) is 13.1 Å². The van der Waals surface area contributed by atoms with Gasteiger partial charge in [-0.05, 0) is 57.2 Å². The number of hydrogen-bond acceptors (Lipinski definition) is 2. The molecule has 1 aromatic carbocycles. The Morgan fingerprint density at radius 3 is 2.60 bits per heavy atom. The Hall–Kier alpha value is -1.03. The Balaban J connectivity index is 1.86. The molecule has 110 valence electrons. The van der Waals surface area contributed by atoms with Crippen LogP contribution in [0.1, 0.15) is 32.8 Å². The van der Waals surface area contributed by atoms with E-state index in [0.29, 0.717) is 5.92 Å². The summed E-state index contributed by atoms with van der Waals surface area (Å²) in [5.74, 6) is 0.531. The van der Waals surface area contributed by atoms with Crippen molar-refractivity contribution >= 4 is 22.0 Å². The highest BCUT2D eigenvalue weighted by molar-refractivity contribution is 9.10. The van der Waals surface area contributed by atoms with Crippen LogP contribution < -0.4 is 0 Å². The van der Waals surface area contributed by atoms with Crippen molar-refractivity contribution in [3.63, 3.8) is 0 Å². The van der Waals surface area contributed by atoms with Crippen LogP contribution in [0, 0.1) is 5.92 Å². The maximum atomic E-state index is 12.0. The Morgan fingerprint density at radius 2 is 2.00 bits per heavy atom. The van der Waals surface area contributed by atoms with Crippen molar-refractivity contribution in [2.24, 2.45) is 5.92 Å². The third kappa shape index (κ3) is 4.51. The molecule has 4 heteroatoms. The number of likely N-dealkylation sites (tertiary alicyclic amines) is 1. The van der Waals surface area contributed by atoms with Gasteiger partial charge in [0.25, 0.3) is 0 Å². The van der Waals surface area contributed by atoms with E-state index in [-0.39, 0.29) is 6.09 Å². The zero-order chi connectivity index (χ0) is 14.8. The molecule has 0 spiro atoms. The lowest BCUT2D eigenvalue weighted by Gasteiger charge is -2.24. The fraction of sp³-hybridized carbons (Fsp3) is 0.562.